The van der Waals surface area contributed by atoms with E-state index in [0.717, 1.165) is 23.5 Å². The Bertz CT molecular complexity index is 539. The molecule has 3 nitrogen and oxygen atoms in total. The molecule has 1 aromatic carbocycles. The predicted octanol–water partition coefficient (Wildman–Crippen LogP) is 4.11. The molecule has 3 heteroatoms. The van der Waals surface area contributed by atoms with Crippen molar-refractivity contribution in [2.45, 2.75) is 46.1 Å². The van der Waals surface area contributed by atoms with Crippen LogP contribution in [0.5, 0.6) is 0 Å². The van der Waals surface area contributed by atoms with E-state index in [-0.39, 0.29) is 0 Å². The summed E-state index contributed by atoms with van der Waals surface area (Å²) in [5.41, 5.74) is 3.27. The lowest BCUT2D eigenvalue weighted by Crippen LogP contribution is -2.23. The first kappa shape index (κ1) is 14.9. The molecule has 0 aliphatic heterocycles. The lowest BCUT2D eigenvalue weighted by molar-refractivity contribution is 0.395. The highest BCUT2D eigenvalue weighted by atomic mass is 14.9. The van der Waals surface area contributed by atoms with Crippen LogP contribution in [-0.2, 0) is 0 Å². The van der Waals surface area contributed by atoms with Crippen LogP contribution in [0.3, 0.4) is 0 Å². The maximum Gasteiger partial charge on any atom is 0.0890 e. The standard InChI is InChI=1S/C17H25N3/c1-4-6-13(3)11-16(18-5-2)14-7-8-15-17(12-14)20-10-9-19-15/h7-10,12-13,16,18H,4-6,11H2,1-3H3. The molecule has 1 aromatic heterocycles. The molecule has 2 aromatic rings. The van der Waals surface area contributed by atoms with Crippen molar-refractivity contribution in [3.8, 4) is 0 Å². The van der Waals surface area contributed by atoms with Gasteiger partial charge in [0.25, 0.3) is 0 Å². The highest BCUT2D eigenvalue weighted by Crippen LogP contribution is 2.25. The van der Waals surface area contributed by atoms with Crippen LogP contribution < -0.4 is 5.32 Å². The number of hydrogen-bond acceptors (Lipinski definition) is 3. The van der Waals surface area contributed by atoms with E-state index in [1.54, 1.807) is 12.4 Å². The minimum Gasteiger partial charge on any atom is -0.310 e. The average Bonchev–Trinajstić information content (AvgIpc) is 2.46. The molecule has 2 atom stereocenters. The van der Waals surface area contributed by atoms with E-state index in [2.05, 4.69) is 54.3 Å². The van der Waals surface area contributed by atoms with Crippen molar-refractivity contribution in [2.75, 3.05) is 6.54 Å². The van der Waals surface area contributed by atoms with Crippen LogP contribution in [0, 0.1) is 5.92 Å². The van der Waals surface area contributed by atoms with Gasteiger partial charge in [0.15, 0.2) is 0 Å². The number of rotatable bonds is 7. The molecule has 0 amide bonds. The van der Waals surface area contributed by atoms with E-state index in [9.17, 15) is 0 Å². The lowest BCUT2D eigenvalue weighted by atomic mass is 9.92. The number of nitrogens with zero attached hydrogens (tertiary/aromatic N) is 2. The Kier molecular flexibility index (Phi) is 5.48. The van der Waals surface area contributed by atoms with Gasteiger partial charge in [0.05, 0.1) is 11.0 Å². The lowest BCUT2D eigenvalue weighted by Gasteiger charge is -2.22. The molecule has 2 unspecified atom stereocenters. The van der Waals surface area contributed by atoms with Crippen molar-refractivity contribution in [1.29, 1.82) is 0 Å². The number of fused-ring (bicyclic) bond motifs is 1. The monoisotopic (exact) mass is 271 g/mol. The second-order valence-corrected chi connectivity index (χ2v) is 5.54. The molecular formula is C17H25N3. The summed E-state index contributed by atoms with van der Waals surface area (Å²) in [4.78, 5) is 8.74. The highest BCUT2D eigenvalue weighted by Gasteiger charge is 2.14. The van der Waals surface area contributed by atoms with Gasteiger partial charge in [0.1, 0.15) is 0 Å². The Labute approximate surface area is 121 Å². The minimum atomic E-state index is 0.410. The zero-order valence-electron chi connectivity index (χ0n) is 12.8. The third-order valence-corrected chi connectivity index (χ3v) is 3.77. The third kappa shape index (κ3) is 3.76. The fraction of sp³-hybridized carbons (Fsp3) is 0.529. The van der Waals surface area contributed by atoms with Gasteiger partial charge >= 0.3 is 0 Å². The summed E-state index contributed by atoms with van der Waals surface area (Å²) in [5, 5.41) is 3.60. The van der Waals surface area contributed by atoms with Crippen molar-refractivity contribution < 1.29 is 0 Å². The first-order valence-electron chi connectivity index (χ1n) is 7.68. The Hall–Kier alpha value is -1.48. The second-order valence-electron chi connectivity index (χ2n) is 5.54. The smallest absolute Gasteiger partial charge is 0.0890 e. The van der Waals surface area contributed by atoms with Crippen molar-refractivity contribution >= 4 is 11.0 Å². The fourth-order valence-corrected chi connectivity index (χ4v) is 2.79. The molecule has 108 valence electrons. The zero-order valence-corrected chi connectivity index (χ0v) is 12.8. The molecule has 1 N–H and O–H groups in total. The first-order valence-corrected chi connectivity index (χ1v) is 7.68. The van der Waals surface area contributed by atoms with E-state index in [1.165, 1.54) is 24.8 Å². The van der Waals surface area contributed by atoms with Crippen molar-refractivity contribution in [3.05, 3.63) is 36.2 Å². The van der Waals surface area contributed by atoms with Crippen molar-refractivity contribution in [2.24, 2.45) is 5.92 Å². The minimum absolute atomic E-state index is 0.410. The Morgan fingerprint density at radius 3 is 2.55 bits per heavy atom. The van der Waals surface area contributed by atoms with Gasteiger partial charge in [-0.1, -0.05) is 39.7 Å². The van der Waals surface area contributed by atoms with Crippen LogP contribution in [0.4, 0.5) is 0 Å². The average molecular weight is 271 g/mol. The number of nitrogens with one attached hydrogen (secondary N) is 1. The molecular weight excluding hydrogens is 246 g/mol. The second kappa shape index (κ2) is 7.34. The SMILES string of the molecule is CCCC(C)CC(NCC)c1ccc2nccnc2c1. The van der Waals surface area contributed by atoms with Crippen LogP contribution in [-0.4, -0.2) is 16.5 Å². The molecule has 0 saturated carbocycles. The summed E-state index contributed by atoms with van der Waals surface area (Å²) in [6.07, 6.45) is 7.22. The molecule has 20 heavy (non-hydrogen) atoms. The Morgan fingerprint density at radius 1 is 1.10 bits per heavy atom. The van der Waals surface area contributed by atoms with E-state index in [4.69, 9.17) is 0 Å². The van der Waals surface area contributed by atoms with Gasteiger partial charge in [-0.15, -0.1) is 0 Å². The summed E-state index contributed by atoms with van der Waals surface area (Å²) >= 11 is 0. The van der Waals surface area contributed by atoms with Gasteiger partial charge < -0.3 is 5.32 Å². The summed E-state index contributed by atoms with van der Waals surface area (Å²) in [6, 6.07) is 6.84. The fourth-order valence-electron chi connectivity index (χ4n) is 2.79. The van der Waals surface area contributed by atoms with Gasteiger partial charge in [0, 0.05) is 18.4 Å². The van der Waals surface area contributed by atoms with Crippen molar-refractivity contribution in [1.82, 2.24) is 15.3 Å². The highest BCUT2D eigenvalue weighted by molar-refractivity contribution is 5.74. The van der Waals surface area contributed by atoms with Crippen LogP contribution in [0.15, 0.2) is 30.6 Å². The number of hydrogen-bond donors (Lipinski definition) is 1. The topological polar surface area (TPSA) is 37.8 Å². The van der Waals surface area contributed by atoms with Gasteiger partial charge in [-0.3, -0.25) is 9.97 Å². The zero-order chi connectivity index (χ0) is 14.4. The molecule has 0 radical (unpaired) electrons. The quantitative estimate of drug-likeness (QED) is 0.823. The Balaban J connectivity index is 2.21. The number of aromatic nitrogens is 2. The van der Waals surface area contributed by atoms with Crippen LogP contribution >= 0.6 is 0 Å². The molecule has 0 bridgehead atoms. The predicted molar refractivity (Wildman–Crippen MR) is 84.6 cm³/mol. The summed E-state index contributed by atoms with van der Waals surface area (Å²) in [7, 11) is 0. The summed E-state index contributed by atoms with van der Waals surface area (Å²) in [6.45, 7) is 7.75. The maximum absolute atomic E-state index is 4.41. The largest absolute Gasteiger partial charge is 0.310 e. The third-order valence-electron chi connectivity index (χ3n) is 3.77. The maximum atomic E-state index is 4.41. The van der Waals surface area contributed by atoms with Crippen molar-refractivity contribution in [3.63, 3.8) is 0 Å². The first-order chi connectivity index (χ1) is 9.74. The normalized spacial score (nSPS) is 14.3. The van der Waals surface area contributed by atoms with E-state index >= 15 is 0 Å². The molecule has 2 rings (SSSR count). The molecule has 0 saturated heterocycles. The van der Waals surface area contributed by atoms with E-state index < -0.39 is 0 Å². The molecule has 0 aliphatic rings. The molecule has 0 aliphatic carbocycles. The van der Waals surface area contributed by atoms with Crippen LogP contribution in [0.2, 0.25) is 0 Å². The molecule has 0 fully saturated rings. The van der Waals surface area contributed by atoms with E-state index in [0.29, 0.717) is 6.04 Å². The summed E-state index contributed by atoms with van der Waals surface area (Å²) < 4.78 is 0. The summed E-state index contributed by atoms with van der Waals surface area (Å²) in [5.74, 6) is 0.738. The van der Waals surface area contributed by atoms with Gasteiger partial charge in [-0.2, -0.15) is 0 Å². The van der Waals surface area contributed by atoms with Gasteiger partial charge in [-0.05, 0) is 36.6 Å². The molecule has 0 spiro atoms. The van der Waals surface area contributed by atoms with E-state index in [1.807, 2.05) is 0 Å². The number of benzene rings is 1. The van der Waals surface area contributed by atoms with Crippen LogP contribution in [0.25, 0.3) is 11.0 Å². The van der Waals surface area contributed by atoms with Gasteiger partial charge in [-0.25, -0.2) is 0 Å². The van der Waals surface area contributed by atoms with Crippen LogP contribution in [0.1, 0.15) is 51.6 Å². The Morgan fingerprint density at radius 2 is 1.85 bits per heavy atom. The van der Waals surface area contributed by atoms with Gasteiger partial charge in [0.2, 0.25) is 0 Å². The molecule has 1 heterocycles.